The molecule has 0 aliphatic heterocycles. The van der Waals surface area contributed by atoms with Crippen molar-refractivity contribution in [1.29, 1.82) is 0 Å². The quantitative estimate of drug-likeness (QED) is 0.896. The number of benzene rings is 1. The number of hydrogen-bond donors (Lipinski definition) is 1. The molecule has 0 saturated carbocycles. The van der Waals surface area contributed by atoms with Gasteiger partial charge in [0.2, 0.25) is 5.91 Å². The van der Waals surface area contributed by atoms with Crippen molar-refractivity contribution in [3.05, 3.63) is 58.3 Å². The van der Waals surface area contributed by atoms with Crippen LogP contribution in [0, 0.1) is 0 Å². The Morgan fingerprint density at radius 2 is 1.74 bits per heavy atom. The number of carbonyl (C=O) groups excluding carboxylic acids is 2. The van der Waals surface area contributed by atoms with E-state index in [1.54, 1.807) is 37.3 Å². The molecule has 0 fully saturated rings. The molecule has 2 amide bonds. The monoisotopic (exact) mass is 351 g/mol. The minimum atomic E-state index is -0.371. The Balaban J connectivity index is 2.07. The largest absolute Gasteiger partial charge is 0.330 e. The lowest BCUT2D eigenvalue weighted by Crippen LogP contribution is -2.37. The predicted molar refractivity (Wildman–Crippen MR) is 90.9 cm³/mol. The van der Waals surface area contributed by atoms with Crippen molar-refractivity contribution in [2.45, 2.75) is 6.92 Å². The number of para-hydroxylation sites is 1. The molecular formula is C16H15Cl2N3O2. The summed E-state index contributed by atoms with van der Waals surface area (Å²) in [5.74, 6) is -0.612. The van der Waals surface area contributed by atoms with E-state index in [0.717, 1.165) is 0 Å². The van der Waals surface area contributed by atoms with Gasteiger partial charge < -0.3 is 10.2 Å². The second-order valence-electron chi connectivity index (χ2n) is 4.70. The molecule has 0 saturated heterocycles. The third-order valence-corrected chi connectivity index (χ3v) is 3.79. The number of pyridine rings is 1. The number of amides is 2. The Bertz CT molecular complexity index is 687. The number of nitrogens with one attached hydrogen (secondary N) is 1. The lowest BCUT2D eigenvalue weighted by molar-refractivity contribution is -0.116. The van der Waals surface area contributed by atoms with Crippen LogP contribution in [0.5, 0.6) is 0 Å². The second kappa shape index (κ2) is 7.94. The zero-order valence-electron chi connectivity index (χ0n) is 12.4. The number of halogens is 2. The van der Waals surface area contributed by atoms with Crippen molar-refractivity contribution >= 4 is 40.7 Å². The van der Waals surface area contributed by atoms with Crippen LogP contribution >= 0.6 is 23.2 Å². The molecule has 2 rings (SSSR count). The first kappa shape index (κ1) is 17.2. The molecule has 120 valence electrons. The van der Waals surface area contributed by atoms with Gasteiger partial charge in [0.15, 0.2) is 0 Å². The minimum Gasteiger partial charge on any atom is -0.330 e. The summed E-state index contributed by atoms with van der Waals surface area (Å²) in [5, 5.41) is 3.32. The van der Waals surface area contributed by atoms with Crippen molar-refractivity contribution in [1.82, 2.24) is 9.88 Å². The van der Waals surface area contributed by atoms with Gasteiger partial charge in [0.25, 0.3) is 5.91 Å². The third kappa shape index (κ3) is 4.43. The summed E-state index contributed by atoms with van der Waals surface area (Å²) < 4.78 is 0. The van der Waals surface area contributed by atoms with Crippen molar-refractivity contribution in [2.24, 2.45) is 0 Å². The van der Waals surface area contributed by atoms with Crippen molar-refractivity contribution < 1.29 is 9.59 Å². The van der Waals surface area contributed by atoms with Crippen LogP contribution in [0.3, 0.4) is 0 Å². The van der Waals surface area contributed by atoms with Crippen LogP contribution in [-0.4, -0.2) is 34.8 Å². The van der Waals surface area contributed by atoms with Gasteiger partial charge in [0, 0.05) is 24.5 Å². The van der Waals surface area contributed by atoms with E-state index in [4.69, 9.17) is 23.2 Å². The van der Waals surface area contributed by atoms with Crippen LogP contribution in [0.2, 0.25) is 10.0 Å². The van der Waals surface area contributed by atoms with Crippen molar-refractivity contribution in [3.8, 4) is 0 Å². The molecule has 0 bridgehead atoms. The highest BCUT2D eigenvalue weighted by atomic mass is 35.5. The van der Waals surface area contributed by atoms with Crippen LogP contribution in [0.4, 0.5) is 5.69 Å². The summed E-state index contributed by atoms with van der Waals surface area (Å²) in [6.45, 7) is 2.10. The van der Waals surface area contributed by atoms with Gasteiger partial charge in [0.1, 0.15) is 6.54 Å². The van der Waals surface area contributed by atoms with E-state index in [0.29, 0.717) is 27.8 Å². The van der Waals surface area contributed by atoms with E-state index in [2.05, 4.69) is 10.3 Å². The van der Waals surface area contributed by atoms with E-state index < -0.39 is 0 Å². The molecule has 1 N–H and O–H groups in total. The fourth-order valence-electron chi connectivity index (χ4n) is 1.97. The van der Waals surface area contributed by atoms with Crippen molar-refractivity contribution in [2.75, 3.05) is 18.4 Å². The SMILES string of the molecule is CCN(CC(=O)Nc1c(Cl)cccc1Cl)C(=O)c1ccncc1. The van der Waals surface area contributed by atoms with Crippen LogP contribution < -0.4 is 5.32 Å². The maximum atomic E-state index is 12.4. The summed E-state index contributed by atoms with van der Waals surface area (Å²) in [7, 11) is 0. The van der Waals surface area contributed by atoms with Gasteiger partial charge >= 0.3 is 0 Å². The fraction of sp³-hybridized carbons (Fsp3) is 0.188. The maximum Gasteiger partial charge on any atom is 0.254 e. The molecule has 2 aromatic rings. The average molecular weight is 352 g/mol. The molecular weight excluding hydrogens is 337 g/mol. The number of nitrogens with zero attached hydrogens (tertiary/aromatic N) is 2. The summed E-state index contributed by atoms with van der Waals surface area (Å²) in [5.41, 5.74) is 0.818. The number of likely N-dealkylation sites (N-methyl/N-ethyl adjacent to an activating group) is 1. The first-order valence-electron chi connectivity index (χ1n) is 6.96. The predicted octanol–water partition coefficient (Wildman–Crippen LogP) is 3.49. The van der Waals surface area contributed by atoms with Gasteiger partial charge in [-0.1, -0.05) is 29.3 Å². The highest BCUT2D eigenvalue weighted by Gasteiger charge is 2.18. The molecule has 0 aliphatic carbocycles. The molecule has 0 radical (unpaired) electrons. The normalized spacial score (nSPS) is 10.2. The minimum absolute atomic E-state index is 0.0980. The Labute approximate surface area is 144 Å². The van der Waals surface area contributed by atoms with Crippen LogP contribution in [0.25, 0.3) is 0 Å². The number of rotatable bonds is 5. The molecule has 0 aliphatic rings. The summed E-state index contributed by atoms with van der Waals surface area (Å²) in [6, 6.07) is 8.15. The van der Waals surface area contributed by atoms with Crippen molar-refractivity contribution in [3.63, 3.8) is 0 Å². The van der Waals surface area contributed by atoms with E-state index in [9.17, 15) is 9.59 Å². The first-order chi connectivity index (χ1) is 11.0. The molecule has 0 atom stereocenters. The summed E-state index contributed by atoms with van der Waals surface area (Å²) >= 11 is 12.0. The zero-order chi connectivity index (χ0) is 16.8. The molecule has 7 heteroatoms. The van der Waals surface area contributed by atoms with E-state index in [-0.39, 0.29) is 18.4 Å². The Hall–Kier alpha value is -2.11. The van der Waals surface area contributed by atoms with Gasteiger partial charge in [-0.2, -0.15) is 0 Å². The van der Waals surface area contributed by atoms with Crippen LogP contribution in [-0.2, 0) is 4.79 Å². The van der Waals surface area contributed by atoms with Gasteiger partial charge in [-0.05, 0) is 31.2 Å². The Morgan fingerprint density at radius 1 is 1.13 bits per heavy atom. The molecule has 5 nitrogen and oxygen atoms in total. The number of anilines is 1. The highest BCUT2D eigenvalue weighted by molar-refractivity contribution is 6.39. The van der Waals surface area contributed by atoms with Gasteiger partial charge in [-0.3, -0.25) is 14.6 Å². The van der Waals surface area contributed by atoms with Crippen LogP contribution in [0.1, 0.15) is 17.3 Å². The molecule has 0 unspecified atom stereocenters. The fourth-order valence-corrected chi connectivity index (χ4v) is 2.47. The molecule has 23 heavy (non-hydrogen) atoms. The maximum absolute atomic E-state index is 12.4. The lowest BCUT2D eigenvalue weighted by atomic mass is 10.2. The summed E-state index contributed by atoms with van der Waals surface area (Å²) in [6.07, 6.45) is 3.06. The molecule has 1 aromatic heterocycles. The molecule has 1 heterocycles. The van der Waals surface area contributed by atoms with E-state index in [1.807, 2.05) is 0 Å². The second-order valence-corrected chi connectivity index (χ2v) is 5.51. The Morgan fingerprint density at radius 3 is 2.30 bits per heavy atom. The third-order valence-electron chi connectivity index (χ3n) is 3.16. The summed E-state index contributed by atoms with van der Waals surface area (Å²) in [4.78, 5) is 29.8. The zero-order valence-corrected chi connectivity index (χ0v) is 13.9. The number of aromatic nitrogens is 1. The smallest absolute Gasteiger partial charge is 0.254 e. The average Bonchev–Trinajstić information content (AvgIpc) is 2.56. The molecule has 1 aromatic carbocycles. The van der Waals surface area contributed by atoms with Gasteiger partial charge in [0.05, 0.1) is 15.7 Å². The Kier molecular flexibility index (Phi) is 5.96. The standard InChI is InChI=1S/C16H15Cl2N3O2/c1-2-21(16(23)11-6-8-19-9-7-11)10-14(22)20-15-12(17)4-3-5-13(15)18/h3-9H,2,10H2,1H3,(H,20,22). The molecule has 0 spiro atoms. The number of hydrogen-bond acceptors (Lipinski definition) is 3. The topological polar surface area (TPSA) is 62.3 Å². The number of carbonyl (C=O) groups is 2. The van der Waals surface area contributed by atoms with E-state index in [1.165, 1.54) is 17.3 Å². The lowest BCUT2D eigenvalue weighted by Gasteiger charge is -2.20. The highest BCUT2D eigenvalue weighted by Crippen LogP contribution is 2.29. The first-order valence-corrected chi connectivity index (χ1v) is 7.71. The van der Waals surface area contributed by atoms with Crippen LogP contribution in [0.15, 0.2) is 42.7 Å². The van der Waals surface area contributed by atoms with Gasteiger partial charge in [-0.15, -0.1) is 0 Å². The van der Waals surface area contributed by atoms with E-state index >= 15 is 0 Å². The van der Waals surface area contributed by atoms with Gasteiger partial charge in [-0.25, -0.2) is 0 Å².